The van der Waals surface area contributed by atoms with Crippen LogP contribution in [0.15, 0.2) is 65.7 Å². The summed E-state index contributed by atoms with van der Waals surface area (Å²) in [7, 11) is 0. The summed E-state index contributed by atoms with van der Waals surface area (Å²) in [5.41, 5.74) is 3.52. The highest BCUT2D eigenvalue weighted by Crippen LogP contribution is 2.13. The molecule has 0 atom stereocenters. The Kier molecular flexibility index (Phi) is 5.31. The molecule has 0 bridgehead atoms. The van der Waals surface area contributed by atoms with Crippen LogP contribution in [0.3, 0.4) is 0 Å². The zero-order valence-electron chi connectivity index (χ0n) is 15.4. The molecule has 0 aliphatic carbocycles. The second kappa shape index (κ2) is 8.20. The highest BCUT2D eigenvalue weighted by Gasteiger charge is 2.20. The molecule has 1 aliphatic heterocycles. The summed E-state index contributed by atoms with van der Waals surface area (Å²) in [5, 5.41) is 0. The first kappa shape index (κ1) is 18.1. The van der Waals surface area contributed by atoms with Crippen molar-refractivity contribution < 1.29 is 4.39 Å². The summed E-state index contributed by atoms with van der Waals surface area (Å²) in [6, 6.07) is 16.0. The van der Waals surface area contributed by atoms with E-state index >= 15 is 0 Å². The topological polar surface area (TPSA) is 38.1 Å². The molecular formula is C23H20FN3O. The Morgan fingerprint density at radius 2 is 1.86 bits per heavy atom. The van der Waals surface area contributed by atoms with E-state index in [1.807, 2.05) is 30.3 Å². The Morgan fingerprint density at radius 3 is 2.64 bits per heavy atom. The molecule has 0 fully saturated rings. The van der Waals surface area contributed by atoms with Crippen LogP contribution in [0.5, 0.6) is 0 Å². The van der Waals surface area contributed by atoms with Gasteiger partial charge in [-0.15, -0.1) is 0 Å². The van der Waals surface area contributed by atoms with Crippen molar-refractivity contribution in [3.8, 4) is 11.8 Å². The minimum atomic E-state index is -0.266. The molecule has 2 aromatic carbocycles. The van der Waals surface area contributed by atoms with Crippen LogP contribution in [-0.4, -0.2) is 27.5 Å². The molecule has 2 heterocycles. The minimum Gasteiger partial charge on any atom is -0.294 e. The first-order valence-corrected chi connectivity index (χ1v) is 9.27. The molecular weight excluding hydrogens is 353 g/mol. The lowest BCUT2D eigenvalue weighted by atomic mass is 10.1. The highest BCUT2D eigenvalue weighted by molar-refractivity contribution is 5.34. The predicted molar refractivity (Wildman–Crippen MR) is 106 cm³/mol. The fourth-order valence-electron chi connectivity index (χ4n) is 3.32. The summed E-state index contributed by atoms with van der Waals surface area (Å²) in [5.74, 6) is 5.90. The average molecular weight is 373 g/mol. The van der Waals surface area contributed by atoms with Gasteiger partial charge >= 0.3 is 0 Å². The Morgan fingerprint density at radius 1 is 1.07 bits per heavy atom. The zero-order chi connectivity index (χ0) is 19.3. The molecule has 4 nitrogen and oxygen atoms in total. The first-order chi connectivity index (χ1) is 13.7. The van der Waals surface area contributed by atoms with Gasteiger partial charge < -0.3 is 0 Å². The molecule has 0 unspecified atom stereocenters. The van der Waals surface area contributed by atoms with Crippen molar-refractivity contribution in [1.29, 1.82) is 0 Å². The summed E-state index contributed by atoms with van der Waals surface area (Å²) in [4.78, 5) is 19.6. The fourth-order valence-corrected chi connectivity index (χ4v) is 3.32. The van der Waals surface area contributed by atoms with Crippen molar-refractivity contribution in [3.63, 3.8) is 0 Å². The standard InChI is InChI=1S/C23H20FN3O/c24-20-10-8-18(9-11-20)7-4-13-26-14-12-22-21(16-26)23(28)27(17-25-22)15-19-5-2-1-3-6-19/h1-3,5-6,8-11,17H,12-16H2. The minimum absolute atomic E-state index is 0.0186. The van der Waals surface area contributed by atoms with Gasteiger partial charge in [0.15, 0.2) is 0 Å². The maximum atomic E-state index is 13.0. The van der Waals surface area contributed by atoms with Crippen LogP contribution in [-0.2, 0) is 19.5 Å². The van der Waals surface area contributed by atoms with Gasteiger partial charge in [-0.1, -0.05) is 42.2 Å². The number of rotatable bonds is 3. The Labute approximate surface area is 163 Å². The zero-order valence-corrected chi connectivity index (χ0v) is 15.4. The number of fused-ring (bicyclic) bond motifs is 1. The average Bonchev–Trinajstić information content (AvgIpc) is 2.73. The number of hydrogen-bond donors (Lipinski definition) is 0. The van der Waals surface area contributed by atoms with E-state index in [1.54, 1.807) is 23.0 Å². The largest absolute Gasteiger partial charge is 0.294 e. The number of hydrogen-bond acceptors (Lipinski definition) is 3. The molecule has 1 aliphatic rings. The molecule has 0 saturated heterocycles. The van der Waals surface area contributed by atoms with Gasteiger partial charge in [-0.25, -0.2) is 9.37 Å². The first-order valence-electron chi connectivity index (χ1n) is 9.27. The van der Waals surface area contributed by atoms with E-state index in [2.05, 4.69) is 21.7 Å². The van der Waals surface area contributed by atoms with E-state index in [0.29, 0.717) is 19.6 Å². The van der Waals surface area contributed by atoms with Crippen LogP contribution in [0.1, 0.15) is 22.4 Å². The molecule has 0 saturated carbocycles. The van der Waals surface area contributed by atoms with Crippen LogP contribution in [0.25, 0.3) is 0 Å². The smallest absolute Gasteiger partial charge is 0.258 e. The Hall–Kier alpha value is -3.23. The quantitative estimate of drug-likeness (QED) is 0.663. The molecule has 0 N–H and O–H groups in total. The van der Waals surface area contributed by atoms with Crippen molar-refractivity contribution in [2.75, 3.05) is 13.1 Å². The van der Waals surface area contributed by atoms with Crippen molar-refractivity contribution in [2.45, 2.75) is 19.5 Å². The van der Waals surface area contributed by atoms with Gasteiger partial charge in [0.1, 0.15) is 5.82 Å². The lowest BCUT2D eigenvalue weighted by Crippen LogP contribution is -2.38. The summed E-state index contributed by atoms with van der Waals surface area (Å²) in [6.45, 7) is 2.45. The van der Waals surface area contributed by atoms with Gasteiger partial charge in [-0.3, -0.25) is 14.3 Å². The van der Waals surface area contributed by atoms with E-state index in [-0.39, 0.29) is 11.4 Å². The molecule has 28 heavy (non-hydrogen) atoms. The van der Waals surface area contributed by atoms with E-state index in [9.17, 15) is 9.18 Å². The van der Waals surface area contributed by atoms with Gasteiger partial charge in [0.05, 0.1) is 30.7 Å². The molecule has 0 amide bonds. The van der Waals surface area contributed by atoms with E-state index in [1.165, 1.54) is 12.1 Å². The molecule has 4 rings (SSSR count). The van der Waals surface area contributed by atoms with Gasteiger partial charge in [-0.05, 0) is 29.8 Å². The molecule has 0 spiro atoms. The van der Waals surface area contributed by atoms with Crippen molar-refractivity contribution in [2.24, 2.45) is 0 Å². The van der Waals surface area contributed by atoms with Crippen LogP contribution in [0.2, 0.25) is 0 Å². The third-order valence-corrected chi connectivity index (χ3v) is 4.84. The van der Waals surface area contributed by atoms with Gasteiger partial charge in [0, 0.05) is 25.1 Å². The molecule has 5 heteroatoms. The number of nitrogens with zero attached hydrogens (tertiary/aromatic N) is 3. The van der Waals surface area contributed by atoms with Gasteiger partial charge in [0.2, 0.25) is 0 Å². The number of benzene rings is 2. The van der Waals surface area contributed by atoms with Crippen LogP contribution < -0.4 is 5.56 Å². The van der Waals surface area contributed by atoms with Gasteiger partial charge in [0.25, 0.3) is 5.56 Å². The number of aromatic nitrogens is 2. The van der Waals surface area contributed by atoms with Crippen LogP contribution >= 0.6 is 0 Å². The van der Waals surface area contributed by atoms with E-state index in [4.69, 9.17) is 0 Å². The summed E-state index contributed by atoms with van der Waals surface area (Å²) in [6.07, 6.45) is 2.40. The molecule has 3 aromatic rings. The van der Waals surface area contributed by atoms with Crippen LogP contribution in [0.4, 0.5) is 4.39 Å². The lowest BCUT2D eigenvalue weighted by Gasteiger charge is -2.26. The fraction of sp³-hybridized carbons (Fsp3) is 0.217. The third kappa shape index (κ3) is 4.19. The van der Waals surface area contributed by atoms with Crippen LogP contribution in [0, 0.1) is 17.7 Å². The second-order valence-corrected chi connectivity index (χ2v) is 6.86. The molecule has 1 aromatic heterocycles. The monoisotopic (exact) mass is 373 g/mol. The highest BCUT2D eigenvalue weighted by atomic mass is 19.1. The Balaban J connectivity index is 1.47. The lowest BCUT2D eigenvalue weighted by molar-refractivity contribution is 0.280. The number of halogens is 1. The van der Waals surface area contributed by atoms with E-state index < -0.39 is 0 Å². The second-order valence-electron chi connectivity index (χ2n) is 6.86. The predicted octanol–water partition coefficient (Wildman–Crippen LogP) is 2.84. The van der Waals surface area contributed by atoms with E-state index in [0.717, 1.165) is 35.3 Å². The van der Waals surface area contributed by atoms with Crippen molar-refractivity contribution >= 4 is 0 Å². The molecule has 140 valence electrons. The maximum absolute atomic E-state index is 13.0. The van der Waals surface area contributed by atoms with Crippen molar-refractivity contribution in [1.82, 2.24) is 14.5 Å². The SMILES string of the molecule is O=c1c2c(ncn1Cc1ccccc1)CCN(CC#Cc1ccc(F)cc1)C2. The maximum Gasteiger partial charge on any atom is 0.258 e. The summed E-state index contributed by atoms with van der Waals surface area (Å²) >= 11 is 0. The van der Waals surface area contributed by atoms with Crippen molar-refractivity contribution in [3.05, 3.63) is 99.5 Å². The summed E-state index contributed by atoms with van der Waals surface area (Å²) < 4.78 is 14.6. The Bertz CT molecular complexity index is 1080. The van der Waals surface area contributed by atoms with Gasteiger partial charge in [-0.2, -0.15) is 0 Å². The third-order valence-electron chi connectivity index (χ3n) is 4.84. The molecule has 0 radical (unpaired) electrons. The normalized spacial score (nSPS) is 13.5.